The van der Waals surface area contributed by atoms with Crippen molar-refractivity contribution < 1.29 is 0 Å². The van der Waals surface area contributed by atoms with Crippen LogP contribution in [0, 0.1) is 18.8 Å². The molecule has 2 heteroatoms. The third-order valence-electron chi connectivity index (χ3n) is 8.72. The lowest BCUT2D eigenvalue weighted by Crippen LogP contribution is -2.50. The van der Waals surface area contributed by atoms with Crippen LogP contribution < -0.4 is 11.1 Å². The largest absolute Gasteiger partial charge is 0.328 e. The van der Waals surface area contributed by atoms with E-state index in [-0.39, 0.29) is 5.54 Å². The summed E-state index contributed by atoms with van der Waals surface area (Å²) in [6, 6.07) is 32.2. The molecule has 0 spiro atoms. The first-order valence-electron chi connectivity index (χ1n) is 13.8. The summed E-state index contributed by atoms with van der Waals surface area (Å²) in [6.45, 7) is 2.17. The lowest BCUT2D eigenvalue weighted by Gasteiger charge is -2.42. The molecule has 0 atom stereocenters. The summed E-state index contributed by atoms with van der Waals surface area (Å²) in [6.07, 6.45) is 11.8. The summed E-state index contributed by atoms with van der Waals surface area (Å²) in [5.74, 6) is 1.79. The smallest absolute Gasteiger partial charge is 0.0950 e. The van der Waals surface area contributed by atoms with Gasteiger partial charge in [-0.2, -0.15) is 0 Å². The molecule has 2 aliphatic rings. The van der Waals surface area contributed by atoms with Crippen LogP contribution in [0.15, 0.2) is 84.9 Å². The number of hydrogen-bond acceptors (Lipinski definition) is 2. The lowest BCUT2D eigenvalue weighted by molar-refractivity contribution is 0.204. The van der Waals surface area contributed by atoms with Gasteiger partial charge in [-0.1, -0.05) is 90.5 Å². The summed E-state index contributed by atoms with van der Waals surface area (Å²) in [4.78, 5) is 0. The number of rotatable bonds is 7. The Morgan fingerprint density at radius 2 is 1.09 bits per heavy atom. The normalized spacial score (nSPS) is 25.3. The molecule has 3 aromatic carbocycles. The third kappa shape index (κ3) is 5.55. The van der Waals surface area contributed by atoms with E-state index in [0.717, 1.165) is 11.8 Å². The highest BCUT2D eigenvalue weighted by Gasteiger charge is 2.39. The van der Waals surface area contributed by atoms with Crippen LogP contribution in [0.1, 0.15) is 80.0 Å². The first kappa shape index (κ1) is 24.3. The van der Waals surface area contributed by atoms with Gasteiger partial charge in [-0.3, -0.25) is 5.32 Å². The Kier molecular flexibility index (Phi) is 7.70. The number of hydrogen-bond donors (Lipinski definition) is 2. The van der Waals surface area contributed by atoms with Gasteiger partial charge >= 0.3 is 0 Å². The van der Waals surface area contributed by atoms with Crippen LogP contribution in [0.5, 0.6) is 0 Å². The highest BCUT2D eigenvalue weighted by molar-refractivity contribution is 5.50. The van der Waals surface area contributed by atoms with Gasteiger partial charge < -0.3 is 5.73 Å². The topological polar surface area (TPSA) is 38.0 Å². The van der Waals surface area contributed by atoms with Gasteiger partial charge in [0.15, 0.2) is 0 Å². The van der Waals surface area contributed by atoms with Crippen molar-refractivity contribution in [2.24, 2.45) is 17.6 Å². The quantitative estimate of drug-likeness (QED) is 0.357. The molecule has 0 unspecified atom stereocenters. The zero-order valence-corrected chi connectivity index (χ0v) is 21.3. The number of nitrogens with one attached hydrogen (secondary N) is 1. The first-order chi connectivity index (χ1) is 17.1. The molecule has 0 amide bonds. The highest BCUT2D eigenvalue weighted by atomic mass is 15.0. The average molecular weight is 467 g/mol. The van der Waals surface area contributed by atoms with Gasteiger partial charge in [-0.05, 0) is 93.2 Å². The van der Waals surface area contributed by atoms with Crippen LogP contribution in [-0.4, -0.2) is 12.1 Å². The molecule has 2 fully saturated rings. The monoisotopic (exact) mass is 466 g/mol. The Hall–Kier alpha value is -2.42. The average Bonchev–Trinajstić information content (AvgIpc) is 2.91. The molecule has 35 heavy (non-hydrogen) atoms. The molecule has 0 radical (unpaired) electrons. The fraction of sp³-hybridized carbons (Fsp3) is 0.455. The molecule has 2 aliphatic carbocycles. The molecule has 0 bridgehead atoms. The van der Waals surface area contributed by atoms with Crippen molar-refractivity contribution in [3.05, 3.63) is 107 Å². The molecule has 0 aromatic heterocycles. The minimum absolute atomic E-state index is 0.354. The van der Waals surface area contributed by atoms with Crippen molar-refractivity contribution in [2.75, 3.05) is 0 Å². The standard InChI is InChI=1S/C33H42N2/c1-25-12-18-30(19-13-25)33(28-8-4-2-5-9-28,29-10-6-3-7-11-29)35-32-22-16-27(17-23-32)24-26-14-20-31(34)21-15-26/h2-13,18-19,26-27,31-32,35H,14-17,20-24,34H2,1H3. The zero-order chi connectivity index (χ0) is 24.1. The number of benzene rings is 3. The Morgan fingerprint density at radius 1 is 0.629 bits per heavy atom. The van der Waals surface area contributed by atoms with Crippen LogP contribution in [-0.2, 0) is 5.54 Å². The van der Waals surface area contributed by atoms with E-state index in [1.165, 1.54) is 80.0 Å². The third-order valence-corrected chi connectivity index (χ3v) is 8.72. The summed E-state index contributed by atoms with van der Waals surface area (Å²) in [7, 11) is 0. The van der Waals surface area contributed by atoms with E-state index < -0.39 is 0 Å². The predicted octanol–water partition coefficient (Wildman–Crippen LogP) is 7.34. The van der Waals surface area contributed by atoms with E-state index in [4.69, 9.17) is 5.73 Å². The van der Waals surface area contributed by atoms with Crippen molar-refractivity contribution in [1.82, 2.24) is 5.32 Å². The first-order valence-corrected chi connectivity index (χ1v) is 13.8. The van der Waals surface area contributed by atoms with Gasteiger partial charge in [0.25, 0.3) is 0 Å². The predicted molar refractivity (Wildman–Crippen MR) is 147 cm³/mol. The van der Waals surface area contributed by atoms with E-state index in [1.807, 2.05) is 0 Å². The van der Waals surface area contributed by atoms with Gasteiger partial charge in [-0.15, -0.1) is 0 Å². The second kappa shape index (κ2) is 11.1. The Bertz CT molecular complexity index is 988. The van der Waals surface area contributed by atoms with E-state index in [9.17, 15) is 0 Å². The van der Waals surface area contributed by atoms with Crippen LogP contribution in [0.25, 0.3) is 0 Å². The molecular formula is C33H42N2. The molecule has 0 aliphatic heterocycles. The van der Waals surface area contributed by atoms with Crippen LogP contribution >= 0.6 is 0 Å². The summed E-state index contributed by atoms with van der Waals surface area (Å²) in [5, 5.41) is 4.25. The molecule has 3 aromatic rings. The number of aryl methyl sites for hydroxylation is 1. The Balaban J connectivity index is 1.40. The maximum atomic E-state index is 6.15. The molecule has 3 N–H and O–H groups in total. The van der Waals surface area contributed by atoms with Crippen molar-refractivity contribution in [3.63, 3.8) is 0 Å². The fourth-order valence-corrected chi connectivity index (χ4v) is 6.67. The van der Waals surface area contributed by atoms with Crippen molar-refractivity contribution >= 4 is 0 Å². The summed E-state index contributed by atoms with van der Waals surface area (Å²) >= 11 is 0. The second-order valence-electron chi connectivity index (χ2n) is 11.2. The minimum atomic E-state index is -0.354. The molecule has 184 valence electrons. The van der Waals surface area contributed by atoms with Gasteiger partial charge in [0, 0.05) is 12.1 Å². The Labute approximate surface area is 212 Å². The molecular weight excluding hydrogens is 424 g/mol. The Morgan fingerprint density at radius 3 is 1.60 bits per heavy atom. The van der Waals surface area contributed by atoms with E-state index >= 15 is 0 Å². The minimum Gasteiger partial charge on any atom is -0.328 e. The van der Waals surface area contributed by atoms with Gasteiger partial charge in [-0.25, -0.2) is 0 Å². The van der Waals surface area contributed by atoms with E-state index in [2.05, 4.69) is 97.2 Å². The molecule has 2 saturated carbocycles. The molecule has 2 nitrogen and oxygen atoms in total. The summed E-state index contributed by atoms with van der Waals surface area (Å²) in [5.41, 5.74) is 11.0. The summed E-state index contributed by atoms with van der Waals surface area (Å²) < 4.78 is 0. The molecule has 5 rings (SSSR count). The van der Waals surface area contributed by atoms with Gasteiger partial charge in [0.1, 0.15) is 0 Å². The SMILES string of the molecule is Cc1ccc(C(NC2CCC(CC3CCC(N)CC3)CC2)(c2ccccc2)c2ccccc2)cc1. The van der Waals surface area contributed by atoms with Crippen LogP contribution in [0.3, 0.4) is 0 Å². The van der Waals surface area contributed by atoms with Crippen LogP contribution in [0.4, 0.5) is 0 Å². The van der Waals surface area contributed by atoms with Crippen molar-refractivity contribution in [3.8, 4) is 0 Å². The van der Waals surface area contributed by atoms with Crippen LogP contribution in [0.2, 0.25) is 0 Å². The maximum Gasteiger partial charge on any atom is 0.0950 e. The zero-order valence-electron chi connectivity index (χ0n) is 21.3. The van der Waals surface area contributed by atoms with E-state index in [0.29, 0.717) is 12.1 Å². The van der Waals surface area contributed by atoms with Gasteiger partial charge in [0.05, 0.1) is 5.54 Å². The highest BCUT2D eigenvalue weighted by Crippen LogP contribution is 2.40. The van der Waals surface area contributed by atoms with Gasteiger partial charge in [0.2, 0.25) is 0 Å². The molecule has 0 saturated heterocycles. The van der Waals surface area contributed by atoms with Crippen molar-refractivity contribution in [2.45, 2.75) is 82.3 Å². The maximum absolute atomic E-state index is 6.15. The lowest BCUT2D eigenvalue weighted by atomic mass is 9.73. The van der Waals surface area contributed by atoms with E-state index in [1.54, 1.807) is 0 Å². The second-order valence-corrected chi connectivity index (χ2v) is 11.2. The molecule has 0 heterocycles. The number of nitrogens with two attached hydrogens (primary N) is 1. The van der Waals surface area contributed by atoms with Crippen molar-refractivity contribution in [1.29, 1.82) is 0 Å². The fourth-order valence-electron chi connectivity index (χ4n) is 6.67.